The van der Waals surface area contributed by atoms with E-state index < -0.39 is 0 Å². The second-order valence-corrected chi connectivity index (χ2v) is 7.14. The molecular weight excluding hydrogens is 330 g/mol. The highest BCUT2D eigenvalue weighted by Crippen LogP contribution is 2.40. The average Bonchev–Trinajstić information content (AvgIpc) is 3.15. The maximum Gasteiger partial charge on any atom is 0.231 e. The SMILES string of the molecule is CCCCN(C)C(=NC)NCC1(c2ccc3c(c2)OCO3)CCOCC1. The first-order valence-electron chi connectivity index (χ1n) is 9.58. The average molecular weight is 361 g/mol. The number of rotatable bonds is 6. The molecule has 6 nitrogen and oxygen atoms in total. The summed E-state index contributed by atoms with van der Waals surface area (Å²) in [6.45, 7) is 5.92. The number of ether oxygens (including phenoxy) is 3. The molecule has 6 heteroatoms. The van der Waals surface area contributed by atoms with Crippen LogP contribution in [0.3, 0.4) is 0 Å². The van der Waals surface area contributed by atoms with Gasteiger partial charge in [-0.1, -0.05) is 19.4 Å². The maximum atomic E-state index is 5.65. The topological polar surface area (TPSA) is 55.3 Å². The van der Waals surface area contributed by atoms with Gasteiger partial charge in [-0.05, 0) is 37.0 Å². The molecule has 3 rings (SSSR count). The molecule has 26 heavy (non-hydrogen) atoms. The summed E-state index contributed by atoms with van der Waals surface area (Å²) in [5.41, 5.74) is 1.30. The fourth-order valence-corrected chi connectivity index (χ4v) is 3.69. The van der Waals surface area contributed by atoms with Gasteiger partial charge in [-0.2, -0.15) is 0 Å². The molecule has 2 aliphatic heterocycles. The van der Waals surface area contributed by atoms with Gasteiger partial charge in [0.2, 0.25) is 6.79 Å². The zero-order valence-electron chi connectivity index (χ0n) is 16.2. The van der Waals surface area contributed by atoms with Gasteiger partial charge in [0.1, 0.15) is 0 Å². The van der Waals surface area contributed by atoms with Gasteiger partial charge >= 0.3 is 0 Å². The molecule has 0 amide bonds. The van der Waals surface area contributed by atoms with Crippen LogP contribution in [-0.2, 0) is 10.2 Å². The normalized spacial score (nSPS) is 18.7. The Morgan fingerprint density at radius 1 is 1.23 bits per heavy atom. The third-order valence-corrected chi connectivity index (χ3v) is 5.44. The lowest BCUT2D eigenvalue weighted by Crippen LogP contribution is -2.48. The van der Waals surface area contributed by atoms with Crippen LogP contribution in [-0.4, -0.2) is 58.1 Å². The van der Waals surface area contributed by atoms with Crippen molar-refractivity contribution in [1.29, 1.82) is 0 Å². The van der Waals surface area contributed by atoms with Gasteiger partial charge in [0.05, 0.1) is 0 Å². The lowest BCUT2D eigenvalue weighted by Gasteiger charge is -2.39. The molecule has 1 saturated heterocycles. The van der Waals surface area contributed by atoms with Crippen LogP contribution in [0, 0.1) is 0 Å². The molecule has 0 aromatic heterocycles. The predicted molar refractivity (Wildman–Crippen MR) is 103 cm³/mol. The summed E-state index contributed by atoms with van der Waals surface area (Å²) < 4.78 is 16.7. The quantitative estimate of drug-likeness (QED) is 0.624. The Kier molecular flexibility index (Phi) is 6.25. The number of fused-ring (bicyclic) bond motifs is 1. The van der Waals surface area contributed by atoms with Gasteiger partial charge in [0, 0.05) is 45.8 Å². The van der Waals surface area contributed by atoms with Crippen LogP contribution >= 0.6 is 0 Å². The van der Waals surface area contributed by atoms with Crippen LogP contribution in [0.25, 0.3) is 0 Å². The zero-order valence-corrected chi connectivity index (χ0v) is 16.2. The van der Waals surface area contributed by atoms with E-state index in [1.54, 1.807) is 0 Å². The molecule has 0 spiro atoms. The second kappa shape index (κ2) is 8.62. The number of nitrogens with zero attached hydrogens (tertiary/aromatic N) is 2. The van der Waals surface area contributed by atoms with Crippen molar-refractivity contribution in [2.24, 2.45) is 4.99 Å². The Labute approximate surface area is 156 Å². The Bertz CT molecular complexity index is 627. The van der Waals surface area contributed by atoms with Crippen molar-refractivity contribution in [2.45, 2.75) is 38.0 Å². The summed E-state index contributed by atoms with van der Waals surface area (Å²) in [5.74, 6) is 2.63. The van der Waals surface area contributed by atoms with Crippen LogP contribution < -0.4 is 14.8 Å². The molecule has 2 heterocycles. The molecule has 0 bridgehead atoms. The molecule has 1 N–H and O–H groups in total. The summed E-state index contributed by atoms with van der Waals surface area (Å²) in [7, 11) is 3.95. The first kappa shape index (κ1) is 18.8. The lowest BCUT2D eigenvalue weighted by atomic mass is 9.74. The minimum Gasteiger partial charge on any atom is -0.454 e. The Hall–Kier alpha value is -1.95. The van der Waals surface area contributed by atoms with Crippen LogP contribution in [0.15, 0.2) is 23.2 Å². The zero-order chi connectivity index (χ0) is 18.4. The molecule has 0 unspecified atom stereocenters. The van der Waals surface area contributed by atoms with E-state index in [0.29, 0.717) is 6.79 Å². The molecule has 144 valence electrons. The molecular formula is C20H31N3O3. The van der Waals surface area contributed by atoms with Gasteiger partial charge in [0.25, 0.3) is 0 Å². The minimum absolute atomic E-state index is 0.0146. The summed E-state index contributed by atoms with van der Waals surface area (Å²) in [4.78, 5) is 6.67. The first-order chi connectivity index (χ1) is 12.7. The third-order valence-electron chi connectivity index (χ3n) is 5.44. The first-order valence-corrected chi connectivity index (χ1v) is 9.58. The molecule has 2 aliphatic rings. The van der Waals surface area contributed by atoms with E-state index >= 15 is 0 Å². The Morgan fingerprint density at radius 3 is 2.73 bits per heavy atom. The number of aliphatic imine (C=N–C) groups is 1. The monoisotopic (exact) mass is 361 g/mol. The van der Waals surface area contributed by atoms with Crippen LogP contribution in [0.4, 0.5) is 0 Å². The van der Waals surface area contributed by atoms with Crippen molar-refractivity contribution in [2.75, 3.05) is 47.2 Å². The second-order valence-electron chi connectivity index (χ2n) is 7.14. The number of hydrogen-bond acceptors (Lipinski definition) is 4. The Morgan fingerprint density at radius 2 is 2.00 bits per heavy atom. The molecule has 0 aliphatic carbocycles. The van der Waals surface area contributed by atoms with Gasteiger partial charge < -0.3 is 24.4 Å². The lowest BCUT2D eigenvalue weighted by molar-refractivity contribution is 0.0511. The van der Waals surface area contributed by atoms with E-state index in [-0.39, 0.29) is 5.41 Å². The van der Waals surface area contributed by atoms with Gasteiger partial charge in [-0.25, -0.2) is 0 Å². The maximum absolute atomic E-state index is 5.65. The summed E-state index contributed by atoms with van der Waals surface area (Å²) >= 11 is 0. The summed E-state index contributed by atoms with van der Waals surface area (Å²) in [5, 5.41) is 3.60. The van der Waals surface area contributed by atoms with E-state index in [2.05, 4.69) is 41.3 Å². The molecule has 1 aromatic rings. The molecule has 0 atom stereocenters. The van der Waals surface area contributed by atoms with E-state index in [9.17, 15) is 0 Å². The largest absolute Gasteiger partial charge is 0.454 e. The number of benzene rings is 1. The minimum atomic E-state index is 0.0146. The Balaban J connectivity index is 1.75. The predicted octanol–water partition coefficient (Wildman–Crippen LogP) is 2.77. The van der Waals surface area contributed by atoms with Gasteiger partial charge in [-0.3, -0.25) is 4.99 Å². The van der Waals surface area contributed by atoms with Crippen molar-refractivity contribution in [1.82, 2.24) is 10.2 Å². The number of guanidine groups is 1. The molecule has 0 radical (unpaired) electrons. The summed E-state index contributed by atoms with van der Waals surface area (Å²) in [6.07, 6.45) is 4.31. The third kappa shape index (κ3) is 4.06. The smallest absolute Gasteiger partial charge is 0.231 e. The van der Waals surface area contributed by atoms with Crippen LogP contribution in [0.2, 0.25) is 0 Å². The van der Waals surface area contributed by atoms with E-state index in [1.165, 1.54) is 18.4 Å². The molecule has 0 saturated carbocycles. The van der Waals surface area contributed by atoms with Crippen molar-refractivity contribution in [3.8, 4) is 11.5 Å². The van der Waals surface area contributed by atoms with Crippen molar-refractivity contribution < 1.29 is 14.2 Å². The van der Waals surface area contributed by atoms with Crippen LogP contribution in [0.1, 0.15) is 38.2 Å². The van der Waals surface area contributed by atoms with E-state index in [4.69, 9.17) is 14.2 Å². The van der Waals surface area contributed by atoms with Crippen molar-refractivity contribution >= 4 is 5.96 Å². The highest BCUT2D eigenvalue weighted by Gasteiger charge is 2.36. The molecule has 1 fully saturated rings. The number of unbranched alkanes of at least 4 members (excludes halogenated alkanes) is 1. The van der Waals surface area contributed by atoms with Crippen LogP contribution in [0.5, 0.6) is 11.5 Å². The summed E-state index contributed by atoms with van der Waals surface area (Å²) in [6, 6.07) is 6.33. The van der Waals surface area contributed by atoms with Gasteiger partial charge in [0.15, 0.2) is 17.5 Å². The standard InChI is InChI=1S/C20H31N3O3/c1-4-5-10-23(3)19(21-2)22-14-20(8-11-24-12-9-20)16-6-7-17-18(13-16)26-15-25-17/h6-7,13H,4-5,8-12,14-15H2,1-3H3,(H,21,22). The van der Waals surface area contributed by atoms with Crippen molar-refractivity contribution in [3.05, 3.63) is 23.8 Å². The van der Waals surface area contributed by atoms with E-state index in [1.807, 2.05) is 13.1 Å². The fourth-order valence-electron chi connectivity index (χ4n) is 3.69. The highest BCUT2D eigenvalue weighted by molar-refractivity contribution is 5.79. The number of nitrogens with one attached hydrogen (secondary N) is 1. The molecule has 1 aromatic carbocycles. The highest BCUT2D eigenvalue weighted by atomic mass is 16.7. The van der Waals surface area contributed by atoms with E-state index in [0.717, 1.165) is 56.6 Å². The fraction of sp³-hybridized carbons (Fsp3) is 0.650. The van der Waals surface area contributed by atoms with Gasteiger partial charge in [-0.15, -0.1) is 0 Å². The number of hydrogen-bond donors (Lipinski definition) is 1. The van der Waals surface area contributed by atoms with Crippen molar-refractivity contribution in [3.63, 3.8) is 0 Å².